The maximum atomic E-state index is 9.75. The Morgan fingerprint density at radius 1 is 0.381 bits per heavy atom. The van der Waals surface area contributed by atoms with Crippen LogP contribution in [0, 0.1) is 0 Å². The number of rotatable bonds is 3. The van der Waals surface area contributed by atoms with Crippen molar-refractivity contribution in [3.05, 3.63) is 145 Å². The normalized spacial score (nSPS) is 19.8. The van der Waals surface area contributed by atoms with Crippen molar-refractivity contribution in [3.63, 3.8) is 0 Å². The molecule has 0 N–H and O–H groups in total. The van der Waals surface area contributed by atoms with E-state index in [0.29, 0.717) is 0 Å². The Balaban J connectivity index is 1.54. The summed E-state index contributed by atoms with van der Waals surface area (Å²) in [4.78, 5) is 0. The lowest BCUT2D eigenvalue weighted by atomic mass is 9.86. The van der Waals surface area contributed by atoms with Gasteiger partial charge in [-0.2, -0.15) is 0 Å². The molecule has 2 aromatic heterocycles. The van der Waals surface area contributed by atoms with E-state index in [4.69, 9.17) is 29.4 Å². The van der Waals surface area contributed by atoms with Crippen LogP contribution in [-0.2, 0) is 0 Å². The third kappa shape index (κ3) is 3.39. The quantitative estimate of drug-likeness (QED) is 0.201. The molecule has 9 aromatic rings. The van der Waals surface area contributed by atoms with Crippen LogP contribution in [0.25, 0.3) is 87.8 Å². The zero-order valence-electron chi connectivity index (χ0n) is 44.8. The Morgan fingerprint density at radius 3 is 1.55 bits per heavy atom. The van der Waals surface area contributed by atoms with Crippen molar-refractivity contribution in [2.45, 2.75) is 0 Å². The molecule has 0 aliphatic heterocycles. The van der Waals surface area contributed by atoms with Gasteiger partial charge >= 0.3 is 0 Å². The maximum absolute atomic E-state index is 9.75. The molecule has 2 heterocycles. The average molecular weight is 561 g/mol. The van der Waals surface area contributed by atoms with Crippen LogP contribution in [0.1, 0.15) is 32.9 Å². The number of hydrogen-bond donors (Lipinski definition) is 0. The molecule has 0 saturated heterocycles. The predicted molar refractivity (Wildman–Crippen MR) is 175 cm³/mol. The Bertz CT molecular complexity index is 3670. The predicted octanol–water partition coefficient (Wildman–Crippen LogP) is 11.6. The summed E-state index contributed by atoms with van der Waals surface area (Å²) >= 11 is 0. The van der Waals surface area contributed by atoms with Gasteiger partial charge in [-0.1, -0.05) is 115 Å². The second-order valence-electron chi connectivity index (χ2n) is 9.04. The van der Waals surface area contributed by atoms with Crippen molar-refractivity contribution in [1.82, 2.24) is 0 Å². The largest absolute Gasteiger partial charge is 0.464 e. The van der Waals surface area contributed by atoms with Crippen LogP contribution in [0.3, 0.4) is 0 Å². The maximum Gasteiger partial charge on any atom is 0.136 e. The van der Waals surface area contributed by atoms with Gasteiger partial charge < -0.3 is 8.83 Å². The molecule has 9 rings (SSSR count). The summed E-state index contributed by atoms with van der Waals surface area (Å²) < 4.78 is 223. The zero-order chi connectivity index (χ0) is 48.5. The lowest BCUT2D eigenvalue weighted by Gasteiger charge is -2.17. The molecule has 42 heavy (non-hydrogen) atoms. The molecule has 196 valence electrons. The smallest absolute Gasteiger partial charge is 0.136 e. The summed E-state index contributed by atoms with van der Waals surface area (Å²) in [5, 5.41) is -3.88. The van der Waals surface area contributed by atoms with Gasteiger partial charge in [-0.15, -0.1) is 0 Å². The molecule has 0 radical (unpaired) electrons. The summed E-state index contributed by atoms with van der Waals surface area (Å²) in [5.41, 5.74) is -5.35. The van der Waals surface area contributed by atoms with E-state index >= 15 is 0 Å². The minimum Gasteiger partial charge on any atom is -0.464 e. The van der Waals surface area contributed by atoms with Gasteiger partial charge in [0.1, 0.15) is 18.1 Å². The van der Waals surface area contributed by atoms with Gasteiger partial charge in [0.2, 0.25) is 0 Å². The molecule has 0 spiro atoms. The SMILES string of the molecule is [2H]c1oc2c([2H])c3c(oc4c([2H])c([2H])c(-c5c6c([2H])c([2H])c([2H])c([2H])c6c(-c6c([2H])c([2H])c([2H])c([2H])c6[2H])c6c([2H])c([2H])c([2H])c([2H])c56)c([2H])c43)c([2H])c2c1-c1c([2H])c([2H])c([2H])c([2H])c1[2H]. The number of fused-ring (bicyclic) bond motifs is 6. The van der Waals surface area contributed by atoms with Gasteiger partial charge in [0.05, 0.1) is 37.8 Å². The summed E-state index contributed by atoms with van der Waals surface area (Å²) in [7, 11) is 0. The van der Waals surface area contributed by atoms with Crippen LogP contribution in [0.2, 0.25) is 0 Å². The van der Waals surface area contributed by atoms with E-state index < -0.39 is 233 Å². The molecule has 2 heteroatoms. The zero-order valence-corrected chi connectivity index (χ0v) is 20.8. The van der Waals surface area contributed by atoms with Crippen molar-refractivity contribution < 1.29 is 41.7 Å². The van der Waals surface area contributed by atoms with Gasteiger partial charge in [0.15, 0.2) is 0 Å². The van der Waals surface area contributed by atoms with Crippen molar-refractivity contribution in [2.75, 3.05) is 0 Å². The Morgan fingerprint density at radius 2 is 0.905 bits per heavy atom. The van der Waals surface area contributed by atoms with Crippen LogP contribution in [0.5, 0.6) is 0 Å². The molecule has 0 fully saturated rings. The van der Waals surface area contributed by atoms with Crippen molar-refractivity contribution in [2.24, 2.45) is 0 Å². The molecule has 7 aromatic carbocycles. The molecular formula is C40H24O2. The van der Waals surface area contributed by atoms with Crippen LogP contribution >= 0.6 is 0 Å². The second kappa shape index (κ2) is 8.95. The highest BCUT2D eigenvalue weighted by atomic mass is 16.3. The average Bonchev–Trinajstić information content (AvgIpc) is 3.86. The second-order valence-corrected chi connectivity index (χ2v) is 9.04. The fourth-order valence-electron chi connectivity index (χ4n) is 5.05. The first-order chi connectivity index (χ1) is 30.8. The summed E-state index contributed by atoms with van der Waals surface area (Å²) in [6.07, 6.45) is -0.815. The van der Waals surface area contributed by atoms with Crippen molar-refractivity contribution in [3.8, 4) is 33.4 Å². The highest BCUT2D eigenvalue weighted by Gasteiger charge is 2.18. The minimum absolute atomic E-state index is 0.410. The molecule has 0 saturated carbocycles. The van der Waals surface area contributed by atoms with Gasteiger partial charge in [0, 0.05) is 21.7 Å². The first-order valence-corrected chi connectivity index (χ1v) is 12.3. The minimum atomic E-state index is -0.923. The molecule has 0 amide bonds. The fourth-order valence-corrected chi connectivity index (χ4v) is 5.05. The number of furan rings is 2. The van der Waals surface area contributed by atoms with Gasteiger partial charge in [0.25, 0.3) is 0 Å². The van der Waals surface area contributed by atoms with Gasteiger partial charge in [-0.05, 0) is 73.5 Å². The van der Waals surface area contributed by atoms with E-state index in [1.165, 1.54) is 0 Å². The highest BCUT2D eigenvalue weighted by molar-refractivity contribution is 6.22. The van der Waals surface area contributed by atoms with E-state index in [0.717, 1.165) is 0 Å². The molecule has 0 atom stereocenters. The number of benzene rings is 7. The van der Waals surface area contributed by atoms with Crippen LogP contribution in [-0.4, -0.2) is 0 Å². The lowest BCUT2D eigenvalue weighted by molar-refractivity contribution is 0.617. The third-order valence-corrected chi connectivity index (χ3v) is 6.79. The van der Waals surface area contributed by atoms with E-state index in [-0.39, 0.29) is 0 Å². The summed E-state index contributed by atoms with van der Waals surface area (Å²) in [6.45, 7) is 0. The molecule has 0 aliphatic rings. The van der Waals surface area contributed by atoms with Crippen LogP contribution in [0.4, 0.5) is 0 Å². The molecule has 2 nitrogen and oxygen atoms in total. The first kappa shape index (κ1) is 9.75. The lowest BCUT2D eigenvalue weighted by Crippen LogP contribution is -1.90. The number of hydrogen-bond acceptors (Lipinski definition) is 2. The molecular weight excluding hydrogens is 512 g/mol. The monoisotopic (exact) mass is 560 g/mol. The first-order valence-electron chi connectivity index (χ1n) is 24.3. The van der Waals surface area contributed by atoms with Gasteiger partial charge in [-0.25, -0.2) is 0 Å². The van der Waals surface area contributed by atoms with Gasteiger partial charge in [-0.3, -0.25) is 0 Å². The Kier molecular flexibility index (Phi) is 2.08. The van der Waals surface area contributed by atoms with Crippen molar-refractivity contribution in [1.29, 1.82) is 0 Å². The van der Waals surface area contributed by atoms with Crippen LogP contribution in [0.15, 0.2) is 154 Å². The molecule has 0 aliphatic carbocycles. The van der Waals surface area contributed by atoms with Crippen LogP contribution < -0.4 is 0 Å². The molecule has 0 bridgehead atoms. The van der Waals surface area contributed by atoms with Crippen molar-refractivity contribution >= 4 is 54.5 Å². The summed E-state index contributed by atoms with van der Waals surface area (Å²) in [5.74, 6) is 0. The van der Waals surface area contributed by atoms with E-state index in [2.05, 4.69) is 0 Å². The summed E-state index contributed by atoms with van der Waals surface area (Å²) in [6, 6.07) is -19.5. The Labute approximate surface area is 275 Å². The topological polar surface area (TPSA) is 26.3 Å². The fraction of sp³-hybridized carbons (Fsp3) is 0. The molecule has 0 unspecified atom stereocenters. The Hall–Kier alpha value is -5.60. The third-order valence-electron chi connectivity index (χ3n) is 6.79. The van der Waals surface area contributed by atoms with E-state index in [9.17, 15) is 12.3 Å². The van der Waals surface area contributed by atoms with E-state index in [1.807, 2.05) is 0 Å². The highest BCUT2D eigenvalue weighted by Crippen LogP contribution is 2.45. The standard InChI is InChI=1S/C40H24O2/c1-3-11-25(12-4-1)35-24-41-37-22-33-32-21-27(19-20-36(32)42-38(33)23-34(35)37)40-30-17-9-7-15-28(30)39(26-13-5-2-6-14-26)29-16-8-10-18-31(29)40/h1-24H/i1D,2D,3D,4D,5D,6D,7D,8D,9D,10D,11D,12D,13D,14D,15D,16D,17D,18D,19D,20D,21D,22D,23D,24D. The van der Waals surface area contributed by atoms with E-state index in [1.54, 1.807) is 0 Å².